The van der Waals surface area contributed by atoms with Crippen LogP contribution in [0.2, 0.25) is 0 Å². The third-order valence-electron chi connectivity index (χ3n) is 5.40. The highest BCUT2D eigenvalue weighted by Crippen LogP contribution is 2.41. The van der Waals surface area contributed by atoms with E-state index >= 15 is 0 Å². The van der Waals surface area contributed by atoms with Gasteiger partial charge < -0.3 is 9.64 Å². The van der Waals surface area contributed by atoms with Gasteiger partial charge in [-0.2, -0.15) is 0 Å². The van der Waals surface area contributed by atoms with Crippen LogP contribution in [-0.4, -0.2) is 52.6 Å². The number of fused-ring (bicyclic) bond motifs is 1. The van der Waals surface area contributed by atoms with E-state index < -0.39 is 5.60 Å². The summed E-state index contributed by atoms with van der Waals surface area (Å²) in [7, 11) is 0. The summed E-state index contributed by atoms with van der Waals surface area (Å²) in [5, 5.41) is 0. The average molecular weight is 322 g/mol. The molecule has 0 aromatic heterocycles. The number of rotatable bonds is 1. The van der Waals surface area contributed by atoms with Crippen molar-refractivity contribution in [2.75, 3.05) is 13.1 Å². The van der Waals surface area contributed by atoms with Crippen molar-refractivity contribution in [1.82, 2.24) is 9.80 Å². The molecule has 3 aliphatic rings. The van der Waals surface area contributed by atoms with Gasteiger partial charge in [-0.15, -0.1) is 0 Å². The van der Waals surface area contributed by atoms with Gasteiger partial charge in [-0.05, 0) is 58.8 Å². The lowest BCUT2D eigenvalue weighted by molar-refractivity contribution is -0.135. The van der Waals surface area contributed by atoms with E-state index in [1.807, 2.05) is 25.7 Å². The number of nitrogens with zero attached hydrogens (tertiary/aromatic N) is 2. The maximum absolute atomic E-state index is 12.9. The number of ether oxygens (including phenoxy) is 1. The second kappa shape index (κ2) is 6.33. The quantitative estimate of drug-likeness (QED) is 0.745. The van der Waals surface area contributed by atoms with Crippen LogP contribution in [0, 0.1) is 5.92 Å². The summed E-state index contributed by atoms with van der Waals surface area (Å²) in [6, 6.07) is -0.119. The summed E-state index contributed by atoms with van der Waals surface area (Å²) in [6.45, 7) is 7.34. The van der Waals surface area contributed by atoms with Crippen molar-refractivity contribution in [2.45, 2.75) is 83.4 Å². The molecule has 1 aliphatic carbocycles. The van der Waals surface area contributed by atoms with E-state index in [9.17, 15) is 9.59 Å². The molecule has 0 aromatic carbocycles. The minimum absolute atomic E-state index is 0.141. The molecular weight excluding hydrogens is 292 g/mol. The number of hydrogen-bond donors (Lipinski definition) is 0. The summed E-state index contributed by atoms with van der Waals surface area (Å²) < 4.78 is 5.63. The van der Waals surface area contributed by atoms with Gasteiger partial charge >= 0.3 is 6.09 Å². The monoisotopic (exact) mass is 322 g/mol. The molecule has 3 fully saturated rings. The van der Waals surface area contributed by atoms with Crippen LogP contribution in [-0.2, 0) is 9.53 Å². The Labute approximate surface area is 139 Å². The molecule has 0 aromatic rings. The van der Waals surface area contributed by atoms with Gasteiger partial charge in [-0.3, -0.25) is 9.69 Å². The Morgan fingerprint density at radius 1 is 1.00 bits per heavy atom. The van der Waals surface area contributed by atoms with Gasteiger partial charge in [0.25, 0.3) is 0 Å². The van der Waals surface area contributed by atoms with E-state index in [0.717, 1.165) is 51.6 Å². The first-order valence-electron chi connectivity index (χ1n) is 9.17. The molecule has 1 saturated carbocycles. The van der Waals surface area contributed by atoms with Crippen LogP contribution in [0.4, 0.5) is 4.79 Å². The molecule has 2 amide bonds. The van der Waals surface area contributed by atoms with Gasteiger partial charge in [0.1, 0.15) is 11.6 Å². The zero-order valence-electron chi connectivity index (χ0n) is 14.7. The summed E-state index contributed by atoms with van der Waals surface area (Å²) in [4.78, 5) is 29.5. The first-order valence-corrected chi connectivity index (χ1v) is 9.17. The highest BCUT2D eigenvalue weighted by molar-refractivity contribution is 5.87. The van der Waals surface area contributed by atoms with Crippen LogP contribution in [0.1, 0.15) is 65.7 Å². The van der Waals surface area contributed by atoms with E-state index in [1.165, 1.54) is 6.42 Å². The predicted octanol–water partition coefficient (Wildman–Crippen LogP) is 3.18. The fourth-order valence-corrected chi connectivity index (χ4v) is 4.41. The lowest BCUT2D eigenvalue weighted by Crippen LogP contribution is -2.51. The van der Waals surface area contributed by atoms with Crippen molar-refractivity contribution in [3.05, 3.63) is 0 Å². The van der Waals surface area contributed by atoms with Gasteiger partial charge in [0.15, 0.2) is 0 Å². The molecule has 2 aliphatic heterocycles. The number of amides is 2. The van der Waals surface area contributed by atoms with Crippen molar-refractivity contribution < 1.29 is 14.3 Å². The maximum Gasteiger partial charge on any atom is 0.411 e. The molecule has 0 spiro atoms. The van der Waals surface area contributed by atoms with Crippen molar-refractivity contribution >= 4 is 12.0 Å². The van der Waals surface area contributed by atoms with Crippen molar-refractivity contribution in [1.29, 1.82) is 0 Å². The van der Waals surface area contributed by atoms with Gasteiger partial charge in [0.2, 0.25) is 5.91 Å². The third-order valence-corrected chi connectivity index (χ3v) is 5.40. The SMILES string of the molecule is CC(C)(C)OC(=O)N1C(C(=O)N2CCCC2)CC2CCCC[C@@H]21. The van der Waals surface area contributed by atoms with Gasteiger partial charge in [0, 0.05) is 19.1 Å². The van der Waals surface area contributed by atoms with E-state index in [4.69, 9.17) is 4.74 Å². The Bertz CT molecular complexity index is 465. The first-order chi connectivity index (χ1) is 10.9. The third kappa shape index (κ3) is 3.48. The molecule has 3 rings (SSSR count). The zero-order chi connectivity index (χ0) is 16.6. The fraction of sp³-hybridized carbons (Fsp3) is 0.889. The molecule has 0 bridgehead atoms. The Balaban J connectivity index is 1.80. The lowest BCUT2D eigenvalue weighted by atomic mass is 9.85. The van der Waals surface area contributed by atoms with Crippen LogP contribution >= 0.6 is 0 Å². The molecule has 2 saturated heterocycles. The van der Waals surface area contributed by atoms with Gasteiger partial charge in [-0.1, -0.05) is 12.8 Å². The van der Waals surface area contributed by atoms with E-state index in [1.54, 1.807) is 4.90 Å². The highest BCUT2D eigenvalue weighted by atomic mass is 16.6. The van der Waals surface area contributed by atoms with Crippen molar-refractivity contribution in [3.63, 3.8) is 0 Å². The van der Waals surface area contributed by atoms with Crippen LogP contribution in [0.15, 0.2) is 0 Å². The molecule has 0 N–H and O–H groups in total. The van der Waals surface area contributed by atoms with Crippen LogP contribution < -0.4 is 0 Å². The summed E-state index contributed by atoms with van der Waals surface area (Å²) in [6.07, 6.45) is 7.18. The maximum atomic E-state index is 12.9. The molecule has 2 unspecified atom stereocenters. The molecule has 5 nitrogen and oxygen atoms in total. The number of carbonyl (C=O) groups excluding carboxylic acids is 2. The average Bonchev–Trinajstić information content (AvgIpc) is 3.12. The van der Waals surface area contributed by atoms with E-state index in [-0.39, 0.29) is 24.1 Å². The molecule has 130 valence electrons. The standard InChI is InChI=1S/C18H30N2O3/c1-18(2,3)23-17(22)20-14-9-5-4-8-13(14)12-15(20)16(21)19-10-6-7-11-19/h13-15H,4-12H2,1-3H3/t13?,14-,15?/m0/s1. The minimum Gasteiger partial charge on any atom is -0.444 e. The summed E-state index contributed by atoms with van der Waals surface area (Å²) in [5.41, 5.74) is -0.523. The van der Waals surface area contributed by atoms with Crippen molar-refractivity contribution in [3.8, 4) is 0 Å². The van der Waals surface area contributed by atoms with Gasteiger partial charge in [0.05, 0.1) is 0 Å². The Morgan fingerprint density at radius 2 is 1.65 bits per heavy atom. The van der Waals surface area contributed by atoms with Gasteiger partial charge in [-0.25, -0.2) is 4.79 Å². The number of carbonyl (C=O) groups is 2. The second-order valence-corrected chi connectivity index (χ2v) is 8.28. The minimum atomic E-state index is -0.523. The second-order valence-electron chi connectivity index (χ2n) is 8.28. The Hall–Kier alpha value is -1.26. The van der Waals surface area contributed by atoms with E-state index in [2.05, 4.69) is 0 Å². The zero-order valence-corrected chi connectivity index (χ0v) is 14.7. The summed E-state index contributed by atoms with van der Waals surface area (Å²) >= 11 is 0. The number of hydrogen-bond acceptors (Lipinski definition) is 3. The molecule has 23 heavy (non-hydrogen) atoms. The largest absolute Gasteiger partial charge is 0.444 e. The van der Waals surface area contributed by atoms with Crippen LogP contribution in [0.5, 0.6) is 0 Å². The predicted molar refractivity (Wildman–Crippen MR) is 88.0 cm³/mol. The van der Waals surface area contributed by atoms with Crippen molar-refractivity contribution in [2.24, 2.45) is 5.92 Å². The molecule has 2 heterocycles. The topological polar surface area (TPSA) is 49.9 Å². The molecule has 5 heteroatoms. The van der Waals surface area contributed by atoms with Crippen LogP contribution in [0.3, 0.4) is 0 Å². The highest BCUT2D eigenvalue weighted by Gasteiger charge is 2.49. The van der Waals surface area contributed by atoms with E-state index in [0.29, 0.717) is 5.92 Å². The Kier molecular flexibility index (Phi) is 4.56. The number of likely N-dealkylation sites (tertiary alicyclic amines) is 2. The molecule has 0 radical (unpaired) electrons. The smallest absolute Gasteiger partial charge is 0.411 e. The molecule has 3 atom stereocenters. The molecular formula is C18H30N2O3. The van der Waals surface area contributed by atoms with Crippen LogP contribution in [0.25, 0.3) is 0 Å². The Morgan fingerprint density at radius 3 is 2.30 bits per heavy atom. The fourth-order valence-electron chi connectivity index (χ4n) is 4.41. The summed E-state index contributed by atoms with van der Waals surface area (Å²) in [5.74, 6) is 0.607. The normalized spacial score (nSPS) is 31.2. The lowest BCUT2D eigenvalue weighted by Gasteiger charge is -2.35. The first kappa shape index (κ1) is 16.6.